The Morgan fingerprint density at radius 3 is 2.72 bits per heavy atom. The van der Waals surface area contributed by atoms with Crippen LogP contribution in [0.1, 0.15) is 6.42 Å². The first-order chi connectivity index (χ1) is 8.29. The van der Waals surface area contributed by atoms with Crippen molar-refractivity contribution in [1.29, 1.82) is 0 Å². The molecule has 2 rings (SSSR count). The van der Waals surface area contributed by atoms with Gasteiger partial charge in [-0.2, -0.15) is 13.4 Å². The third kappa shape index (κ3) is 2.62. The fourth-order valence-corrected chi connectivity index (χ4v) is 2.51. The predicted molar refractivity (Wildman–Crippen MR) is 65.5 cm³/mol. The van der Waals surface area contributed by atoms with Gasteiger partial charge in [0.15, 0.2) is 0 Å². The van der Waals surface area contributed by atoms with E-state index in [-0.39, 0.29) is 17.6 Å². The molecule has 1 atom stereocenters. The van der Waals surface area contributed by atoms with E-state index in [4.69, 9.17) is 11.6 Å². The largest absolute Gasteiger partial charge is 0.307 e. The van der Waals surface area contributed by atoms with E-state index < -0.39 is 27.8 Å². The fraction of sp³-hybridized carbons (Fsp3) is 0.375. The molecule has 10 heteroatoms. The van der Waals surface area contributed by atoms with Crippen molar-refractivity contribution < 1.29 is 17.1 Å². The number of amides is 1. The number of nitrogens with zero attached hydrogens (tertiary/aromatic N) is 3. The number of hydrogen-bond donors (Lipinski definition) is 0. The summed E-state index contributed by atoms with van der Waals surface area (Å²) in [5.41, 5.74) is 0. The zero-order valence-electron chi connectivity index (χ0n) is 8.68. The van der Waals surface area contributed by atoms with Crippen LogP contribution < -0.4 is 4.90 Å². The Kier molecular flexibility index (Phi) is 3.56. The smallest absolute Gasteiger partial charge is 0.279 e. The zero-order valence-corrected chi connectivity index (χ0v) is 11.8. The lowest BCUT2D eigenvalue weighted by Gasteiger charge is -2.13. The van der Waals surface area contributed by atoms with Crippen LogP contribution in [0.3, 0.4) is 0 Å². The van der Waals surface area contributed by atoms with Gasteiger partial charge in [0, 0.05) is 19.2 Å². The summed E-state index contributed by atoms with van der Waals surface area (Å²) in [6.07, 6.45) is 0.908. The molecule has 0 saturated carbocycles. The number of halogens is 3. The van der Waals surface area contributed by atoms with Crippen LogP contribution in [-0.4, -0.2) is 36.1 Å². The summed E-state index contributed by atoms with van der Waals surface area (Å²) in [6.45, 7) is -0.310. The molecule has 0 bridgehead atoms. The van der Waals surface area contributed by atoms with Gasteiger partial charge in [0.25, 0.3) is 0 Å². The Balaban J connectivity index is 2.30. The summed E-state index contributed by atoms with van der Waals surface area (Å²) >= 11 is 8.82. The molecule has 18 heavy (non-hydrogen) atoms. The third-order valence-corrected chi connectivity index (χ3v) is 4.63. The van der Waals surface area contributed by atoms with Crippen LogP contribution in [0, 0.1) is 0 Å². The minimum atomic E-state index is -4.75. The van der Waals surface area contributed by atoms with Gasteiger partial charge in [0.2, 0.25) is 11.9 Å². The van der Waals surface area contributed by atoms with Crippen molar-refractivity contribution >= 4 is 49.6 Å². The maximum absolute atomic E-state index is 12.8. The van der Waals surface area contributed by atoms with Gasteiger partial charge >= 0.3 is 10.2 Å². The number of hydrogen-bond acceptors (Lipinski definition) is 5. The van der Waals surface area contributed by atoms with E-state index >= 15 is 0 Å². The van der Waals surface area contributed by atoms with Gasteiger partial charge in [-0.3, -0.25) is 9.69 Å². The fourth-order valence-electron chi connectivity index (χ4n) is 1.52. The van der Waals surface area contributed by atoms with Crippen LogP contribution in [0.5, 0.6) is 0 Å². The summed E-state index contributed by atoms with van der Waals surface area (Å²) in [6, 6.07) is 0. The van der Waals surface area contributed by atoms with Crippen molar-refractivity contribution in [2.24, 2.45) is 0 Å². The molecule has 0 aliphatic carbocycles. The van der Waals surface area contributed by atoms with Crippen molar-refractivity contribution in [3.8, 4) is 0 Å². The molecule has 1 saturated heterocycles. The Morgan fingerprint density at radius 1 is 1.56 bits per heavy atom. The summed E-state index contributed by atoms with van der Waals surface area (Å²) in [5, 5.41) is -1.30. The molecular weight excluding hydrogens is 353 g/mol. The van der Waals surface area contributed by atoms with Crippen LogP contribution in [0.25, 0.3) is 0 Å². The molecule has 2 heterocycles. The highest BCUT2D eigenvalue weighted by Crippen LogP contribution is 2.26. The average Bonchev–Trinajstić information content (AvgIpc) is 2.64. The van der Waals surface area contributed by atoms with Crippen LogP contribution in [0.2, 0.25) is 5.15 Å². The molecule has 1 amide bonds. The van der Waals surface area contributed by atoms with Gasteiger partial charge in [-0.1, -0.05) is 11.6 Å². The van der Waals surface area contributed by atoms with E-state index in [0.29, 0.717) is 4.47 Å². The van der Waals surface area contributed by atoms with Crippen LogP contribution in [0.15, 0.2) is 10.7 Å². The molecule has 1 aromatic rings. The predicted octanol–water partition coefficient (Wildman–Crippen LogP) is 1.30. The molecule has 0 radical (unpaired) electrons. The van der Waals surface area contributed by atoms with E-state index in [1.54, 1.807) is 0 Å². The molecule has 1 aromatic heterocycles. The second kappa shape index (κ2) is 4.71. The quantitative estimate of drug-likeness (QED) is 0.588. The Bertz CT molecular complexity index is 612. The van der Waals surface area contributed by atoms with Crippen molar-refractivity contribution in [1.82, 2.24) is 9.97 Å². The highest BCUT2D eigenvalue weighted by Gasteiger charge is 2.40. The van der Waals surface area contributed by atoms with Crippen molar-refractivity contribution in [2.45, 2.75) is 11.7 Å². The van der Waals surface area contributed by atoms with Crippen LogP contribution in [-0.2, 0) is 15.0 Å². The second-order valence-electron chi connectivity index (χ2n) is 3.61. The summed E-state index contributed by atoms with van der Waals surface area (Å²) in [5.74, 6) is -0.598. The Morgan fingerprint density at radius 2 is 2.22 bits per heavy atom. The topological polar surface area (TPSA) is 80.2 Å². The third-order valence-electron chi connectivity index (χ3n) is 2.42. The molecule has 6 nitrogen and oxygen atoms in total. The Hall–Kier alpha value is -0.800. The molecule has 98 valence electrons. The highest BCUT2D eigenvalue weighted by molar-refractivity contribution is 9.10. The molecule has 0 spiro atoms. The molecule has 0 N–H and O–H groups in total. The first kappa shape index (κ1) is 13.6. The normalized spacial score (nSPS) is 20.5. The van der Waals surface area contributed by atoms with Crippen molar-refractivity contribution in [2.75, 3.05) is 11.4 Å². The first-order valence-corrected chi connectivity index (χ1v) is 7.32. The highest BCUT2D eigenvalue weighted by atomic mass is 79.9. The summed E-state index contributed by atoms with van der Waals surface area (Å²) < 4.78 is 34.8. The number of aromatic nitrogens is 2. The van der Waals surface area contributed by atoms with Gasteiger partial charge < -0.3 is 0 Å². The molecule has 1 fully saturated rings. The van der Waals surface area contributed by atoms with Gasteiger partial charge in [-0.05, 0) is 15.9 Å². The second-order valence-corrected chi connectivity index (χ2v) is 6.44. The standard InChI is InChI=1S/C8H6BrClFN3O3S/c9-5-2-12-8(13-7(5)10)14-3-4(1-6(14)15)18(11,16)17/h2,4H,1,3H2. The molecule has 1 aliphatic heterocycles. The van der Waals surface area contributed by atoms with Gasteiger partial charge in [0.05, 0.1) is 4.47 Å². The summed E-state index contributed by atoms with van der Waals surface area (Å²) in [7, 11) is -4.75. The lowest BCUT2D eigenvalue weighted by Crippen LogP contribution is -2.28. The van der Waals surface area contributed by atoms with Gasteiger partial charge in [-0.25, -0.2) is 4.98 Å². The van der Waals surface area contributed by atoms with Gasteiger partial charge in [-0.15, -0.1) is 3.89 Å². The number of anilines is 1. The van der Waals surface area contributed by atoms with Crippen LogP contribution in [0.4, 0.5) is 9.83 Å². The number of carbonyl (C=O) groups excluding carboxylic acids is 1. The van der Waals surface area contributed by atoms with E-state index in [0.717, 1.165) is 4.90 Å². The minimum Gasteiger partial charge on any atom is -0.279 e. The maximum Gasteiger partial charge on any atom is 0.307 e. The SMILES string of the molecule is O=C1CC(S(=O)(=O)F)CN1c1ncc(Br)c(Cl)n1. The Labute approximate surface area is 116 Å². The van der Waals surface area contributed by atoms with E-state index in [2.05, 4.69) is 25.9 Å². The maximum atomic E-state index is 12.8. The van der Waals surface area contributed by atoms with Crippen molar-refractivity contribution in [3.63, 3.8) is 0 Å². The molecular formula is C8H6BrClFN3O3S. The molecule has 1 aliphatic rings. The zero-order chi connectivity index (χ0) is 13.5. The molecule has 1 unspecified atom stereocenters. The van der Waals surface area contributed by atoms with E-state index in [1.165, 1.54) is 6.20 Å². The monoisotopic (exact) mass is 357 g/mol. The average molecular weight is 359 g/mol. The van der Waals surface area contributed by atoms with Gasteiger partial charge in [0.1, 0.15) is 10.4 Å². The van der Waals surface area contributed by atoms with E-state index in [9.17, 15) is 17.1 Å². The van der Waals surface area contributed by atoms with E-state index in [1.807, 2.05) is 0 Å². The lowest BCUT2D eigenvalue weighted by molar-refractivity contribution is -0.117. The van der Waals surface area contributed by atoms with Crippen LogP contribution >= 0.6 is 27.5 Å². The molecule has 0 aromatic carbocycles. The number of carbonyl (C=O) groups is 1. The van der Waals surface area contributed by atoms with Crippen molar-refractivity contribution in [3.05, 3.63) is 15.8 Å². The lowest BCUT2D eigenvalue weighted by atomic mass is 10.4. The number of rotatable bonds is 2. The summed E-state index contributed by atoms with van der Waals surface area (Å²) in [4.78, 5) is 20.2. The first-order valence-electron chi connectivity index (χ1n) is 4.71. The minimum absolute atomic E-state index is 0.0423.